The topological polar surface area (TPSA) is 47.7 Å². The standard InChI is InChI=1S/C12H19N5.ClH/c1-4-6-17-7-5-12(15-17)13-8-11-9-14-16(3)10(11)2;/h5,7,9H,4,6,8H2,1-3H3,(H,13,15);1H. The first kappa shape index (κ1) is 14.6. The van der Waals surface area contributed by atoms with Crippen molar-refractivity contribution in [2.24, 2.45) is 7.05 Å². The molecule has 0 atom stereocenters. The molecule has 0 fully saturated rings. The van der Waals surface area contributed by atoms with Crippen molar-refractivity contribution in [3.8, 4) is 0 Å². The van der Waals surface area contributed by atoms with Crippen LogP contribution in [-0.4, -0.2) is 19.6 Å². The van der Waals surface area contributed by atoms with Gasteiger partial charge in [-0.3, -0.25) is 9.36 Å². The molecule has 100 valence electrons. The van der Waals surface area contributed by atoms with E-state index in [0.717, 1.165) is 25.3 Å². The highest BCUT2D eigenvalue weighted by Gasteiger charge is 2.04. The van der Waals surface area contributed by atoms with Crippen molar-refractivity contribution in [1.29, 1.82) is 0 Å². The quantitative estimate of drug-likeness (QED) is 0.907. The van der Waals surface area contributed by atoms with Gasteiger partial charge in [-0.05, 0) is 13.3 Å². The largest absolute Gasteiger partial charge is 0.364 e. The van der Waals surface area contributed by atoms with Crippen LogP contribution in [0, 0.1) is 6.92 Å². The second-order valence-electron chi connectivity index (χ2n) is 4.20. The fraction of sp³-hybridized carbons (Fsp3) is 0.500. The Kier molecular flexibility index (Phi) is 5.22. The van der Waals surface area contributed by atoms with E-state index in [1.165, 1.54) is 11.3 Å². The minimum atomic E-state index is 0. The summed E-state index contributed by atoms with van der Waals surface area (Å²) >= 11 is 0. The summed E-state index contributed by atoms with van der Waals surface area (Å²) in [5, 5.41) is 12.0. The maximum Gasteiger partial charge on any atom is 0.148 e. The van der Waals surface area contributed by atoms with Gasteiger partial charge in [-0.25, -0.2) is 0 Å². The Bertz CT molecular complexity index is 488. The zero-order valence-electron chi connectivity index (χ0n) is 11.1. The predicted molar refractivity (Wildman–Crippen MR) is 75.0 cm³/mol. The van der Waals surface area contributed by atoms with E-state index in [-0.39, 0.29) is 12.4 Å². The van der Waals surface area contributed by atoms with Crippen LogP contribution in [0.2, 0.25) is 0 Å². The van der Waals surface area contributed by atoms with E-state index in [4.69, 9.17) is 0 Å². The van der Waals surface area contributed by atoms with Crippen LogP contribution in [0.4, 0.5) is 5.82 Å². The molecule has 0 aliphatic rings. The molecule has 0 aliphatic carbocycles. The molecule has 2 aromatic rings. The first-order chi connectivity index (χ1) is 8.20. The van der Waals surface area contributed by atoms with Crippen LogP contribution in [0.5, 0.6) is 0 Å². The van der Waals surface area contributed by atoms with Gasteiger partial charge >= 0.3 is 0 Å². The molecule has 5 nitrogen and oxygen atoms in total. The van der Waals surface area contributed by atoms with E-state index in [0.29, 0.717) is 0 Å². The number of nitrogens with zero attached hydrogens (tertiary/aromatic N) is 4. The van der Waals surface area contributed by atoms with Gasteiger partial charge in [0.25, 0.3) is 0 Å². The van der Waals surface area contributed by atoms with Crippen LogP contribution in [-0.2, 0) is 20.1 Å². The van der Waals surface area contributed by atoms with E-state index >= 15 is 0 Å². The summed E-state index contributed by atoms with van der Waals surface area (Å²) < 4.78 is 3.84. The molecule has 0 saturated heterocycles. The van der Waals surface area contributed by atoms with Crippen molar-refractivity contribution in [1.82, 2.24) is 19.6 Å². The lowest BCUT2D eigenvalue weighted by Gasteiger charge is -2.02. The minimum absolute atomic E-state index is 0. The monoisotopic (exact) mass is 269 g/mol. The lowest BCUT2D eigenvalue weighted by molar-refractivity contribution is 0.604. The van der Waals surface area contributed by atoms with Gasteiger partial charge in [-0.15, -0.1) is 12.4 Å². The summed E-state index contributed by atoms with van der Waals surface area (Å²) in [5.74, 6) is 0.918. The molecule has 2 heterocycles. The Morgan fingerprint density at radius 3 is 2.78 bits per heavy atom. The molecule has 0 saturated carbocycles. The highest BCUT2D eigenvalue weighted by atomic mass is 35.5. The lowest BCUT2D eigenvalue weighted by Crippen LogP contribution is -2.03. The van der Waals surface area contributed by atoms with Gasteiger partial charge in [-0.2, -0.15) is 10.2 Å². The number of nitrogens with one attached hydrogen (secondary N) is 1. The van der Waals surface area contributed by atoms with Crippen molar-refractivity contribution in [3.05, 3.63) is 29.7 Å². The Hall–Kier alpha value is -1.49. The zero-order chi connectivity index (χ0) is 12.3. The third-order valence-corrected chi connectivity index (χ3v) is 2.89. The van der Waals surface area contributed by atoms with Gasteiger partial charge in [0, 0.05) is 43.7 Å². The number of halogens is 1. The second kappa shape index (κ2) is 6.44. The van der Waals surface area contributed by atoms with Gasteiger partial charge in [-0.1, -0.05) is 6.92 Å². The van der Waals surface area contributed by atoms with Crippen molar-refractivity contribution in [3.63, 3.8) is 0 Å². The number of aromatic nitrogens is 4. The van der Waals surface area contributed by atoms with Gasteiger partial charge in [0.1, 0.15) is 5.82 Å². The van der Waals surface area contributed by atoms with Crippen LogP contribution < -0.4 is 5.32 Å². The highest BCUT2D eigenvalue weighted by Crippen LogP contribution is 2.09. The highest BCUT2D eigenvalue weighted by molar-refractivity contribution is 5.85. The summed E-state index contributed by atoms with van der Waals surface area (Å²) in [7, 11) is 1.95. The predicted octanol–water partition coefficient (Wildman–Crippen LogP) is 2.37. The molecule has 0 unspecified atom stereocenters. The summed E-state index contributed by atoms with van der Waals surface area (Å²) in [5.41, 5.74) is 2.39. The molecule has 0 spiro atoms. The van der Waals surface area contributed by atoms with E-state index in [1.807, 2.05) is 34.9 Å². The lowest BCUT2D eigenvalue weighted by atomic mass is 10.2. The van der Waals surface area contributed by atoms with Crippen molar-refractivity contribution in [2.45, 2.75) is 33.4 Å². The SMILES string of the molecule is CCCn1ccc(NCc2cnn(C)c2C)n1.Cl. The van der Waals surface area contributed by atoms with Gasteiger partial charge < -0.3 is 5.32 Å². The summed E-state index contributed by atoms with van der Waals surface area (Å²) in [6.07, 6.45) is 5.00. The minimum Gasteiger partial charge on any atom is -0.364 e. The Morgan fingerprint density at radius 1 is 1.39 bits per heavy atom. The molecule has 0 bridgehead atoms. The van der Waals surface area contributed by atoms with Crippen LogP contribution in [0.15, 0.2) is 18.5 Å². The normalized spacial score (nSPS) is 10.2. The van der Waals surface area contributed by atoms with Crippen molar-refractivity contribution >= 4 is 18.2 Å². The molecule has 0 aliphatic heterocycles. The molecule has 18 heavy (non-hydrogen) atoms. The van der Waals surface area contributed by atoms with E-state index in [1.54, 1.807) is 0 Å². The Labute approximate surface area is 114 Å². The molecule has 1 N–H and O–H groups in total. The maximum absolute atomic E-state index is 4.43. The van der Waals surface area contributed by atoms with E-state index in [9.17, 15) is 0 Å². The molecule has 2 rings (SSSR count). The number of rotatable bonds is 5. The fourth-order valence-electron chi connectivity index (χ4n) is 1.71. The van der Waals surface area contributed by atoms with Crippen LogP contribution in [0.3, 0.4) is 0 Å². The molecular weight excluding hydrogens is 250 g/mol. The smallest absolute Gasteiger partial charge is 0.148 e. The van der Waals surface area contributed by atoms with Crippen LogP contribution in [0.1, 0.15) is 24.6 Å². The average molecular weight is 270 g/mol. The van der Waals surface area contributed by atoms with E-state index < -0.39 is 0 Å². The summed E-state index contributed by atoms with van der Waals surface area (Å²) in [6, 6.07) is 2.00. The summed E-state index contributed by atoms with van der Waals surface area (Å²) in [6.45, 7) is 5.95. The number of anilines is 1. The van der Waals surface area contributed by atoms with Crippen LogP contribution >= 0.6 is 12.4 Å². The zero-order valence-corrected chi connectivity index (χ0v) is 11.9. The second-order valence-corrected chi connectivity index (χ2v) is 4.20. The molecular formula is C12H20ClN5. The molecule has 0 aromatic carbocycles. The molecule has 0 radical (unpaired) electrons. The van der Waals surface area contributed by atoms with Crippen LogP contribution in [0.25, 0.3) is 0 Å². The Balaban J connectivity index is 0.00000162. The maximum atomic E-state index is 4.43. The van der Waals surface area contributed by atoms with Crippen molar-refractivity contribution in [2.75, 3.05) is 5.32 Å². The molecule has 2 aromatic heterocycles. The summed E-state index contributed by atoms with van der Waals surface area (Å²) in [4.78, 5) is 0. The molecule has 6 heteroatoms. The number of aryl methyl sites for hydroxylation is 2. The fourth-order valence-corrected chi connectivity index (χ4v) is 1.71. The van der Waals surface area contributed by atoms with Gasteiger partial charge in [0.05, 0.1) is 6.20 Å². The van der Waals surface area contributed by atoms with Gasteiger partial charge in [0.2, 0.25) is 0 Å². The number of hydrogen-bond acceptors (Lipinski definition) is 3. The Morgan fingerprint density at radius 2 is 2.17 bits per heavy atom. The van der Waals surface area contributed by atoms with Crippen molar-refractivity contribution < 1.29 is 0 Å². The van der Waals surface area contributed by atoms with E-state index in [2.05, 4.69) is 29.4 Å². The third kappa shape index (κ3) is 3.26. The third-order valence-electron chi connectivity index (χ3n) is 2.89. The van der Waals surface area contributed by atoms with Gasteiger partial charge in [0.15, 0.2) is 0 Å². The average Bonchev–Trinajstić information content (AvgIpc) is 2.87. The first-order valence-corrected chi connectivity index (χ1v) is 5.95. The number of hydrogen-bond donors (Lipinski definition) is 1. The first-order valence-electron chi connectivity index (χ1n) is 5.95. The molecule has 0 amide bonds.